The van der Waals surface area contributed by atoms with E-state index in [1.165, 1.54) is 11.1 Å². The van der Waals surface area contributed by atoms with E-state index in [2.05, 4.69) is 19.1 Å². The van der Waals surface area contributed by atoms with Gasteiger partial charge in [-0.15, -0.1) is 0 Å². The average molecular weight is 207 g/mol. The lowest BCUT2D eigenvalue weighted by molar-refractivity contribution is 0.161. The van der Waals surface area contributed by atoms with Crippen LogP contribution in [-0.2, 0) is 12.8 Å². The molecule has 0 saturated carbocycles. The number of nitrogens with two attached hydrogens (primary N) is 1. The zero-order valence-corrected chi connectivity index (χ0v) is 9.66. The standard InChI is InChI=1S/C13H21NO/c1-3-10-5-8-13(14)11(9-10)6-7-12(15)4-2/h5,8-9,12,15H,3-4,6-7,14H2,1-2H3. The number of aryl methyl sites for hydroxylation is 2. The molecule has 0 spiro atoms. The van der Waals surface area contributed by atoms with Crippen molar-refractivity contribution in [3.63, 3.8) is 0 Å². The molecule has 0 heterocycles. The van der Waals surface area contributed by atoms with Gasteiger partial charge in [-0.1, -0.05) is 26.0 Å². The summed E-state index contributed by atoms with van der Waals surface area (Å²) in [5, 5.41) is 9.50. The van der Waals surface area contributed by atoms with E-state index < -0.39 is 0 Å². The highest BCUT2D eigenvalue weighted by Crippen LogP contribution is 2.17. The fourth-order valence-electron chi connectivity index (χ4n) is 1.62. The number of hydrogen-bond donors (Lipinski definition) is 2. The van der Waals surface area contributed by atoms with E-state index in [1.54, 1.807) is 0 Å². The molecule has 1 atom stereocenters. The monoisotopic (exact) mass is 207 g/mol. The second kappa shape index (κ2) is 5.76. The van der Waals surface area contributed by atoms with Crippen molar-refractivity contribution in [2.45, 2.75) is 45.6 Å². The van der Waals surface area contributed by atoms with Crippen LogP contribution in [0.2, 0.25) is 0 Å². The second-order valence-corrected chi connectivity index (χ2v) is 3.99. The maximum absolute atomic E-state index is 9.50. The summed E-state index contributed by atoms with van der Waals surface area (Å²) in [5.41, 5.74) is 9.21. The number of nitrogen functional groups attached to an aromatic ring is 1. The Balaban J connectivity index is 2.66. The molecule has 3 N–H and O–H groups in total. The van der Waals surface area contributed by atoms with Crippen molar-refractivity contribution < 1.29 is 5.11 Å². The van der Waals surface area contributed by atoms with Crippen molar-refractivity contribution >= 4 is 5.69 Å². The molecule has 0 amide bonds. The minimum atomic E-state index is -0.199. The van der Waals surface area contributed by atoms with Crippen LogP contribution < -0.4 is 5.73 Å². The molecule has 1 unspecified atom stereocenters. The Morgan fingerprint density at radius 1 is 1.33 bits per heavy atom. The third-order valence-corrected chi connectivity index (χ3v) is 2.83. The van der Waals surface area contributed by atoms with Crippen molar-refractivity contribution in [3.05, 3.63) is 29.3 Å². The molecule has 0 aliphatic rings. The number of hydrogen-bond acceptors (Lipinski definition) is 2. The Bertz CT molecular complexity index is 309. The van der Waals surface area contributed by atoms with Crippen molar-refractivity contribution in [2.24, 2.45) is 0 Å². The first-order valence-electron chi connectivity index (χ1n) is 5.72. The summed E-state index contributed by atoms with van der Waals surface area (Å²) in [6.45, 7) is 4.13. The van der Waals surface area contributed by atoms with Crippen LogP contribution in [0, 0.1) is 0 Å². The third-order valence-electron chi connectivity index (χ3n) is 2.83. The number of aliphatic hydroxyl groups excluding tert-OH is 1. The molecule has 2 nitrogen and oxygen atoms in total. The van der Waals surface area contributed by atoms with Gasteiger partial charge in [0.2, 0.25) is 0 Å². The molecule has 0 radical (unpaired) electrons. The van der Waals surface area contributed by atoms with Crippen LogP contribution in [0.3, 0.4) is 0 Å². The molecule has 1 aromatic carbocycles. The van der Waals surface area contributed by atoms with E-state index in [1.807, 2.05) is 13.0 Å². The molecule has 0 saturated heterocycles. The van der Waals surface area contributed by atoms with Gasteiger partial charge in [0.15, 0.2) is 0 Å². The molecular formula is C13H21NO. The highest BCUT2D eigenvalue weighted by Gasteiger charge is 2.04. The van der Waals surface area contributed by atoms with Crippen molar-refractivity contribution in [1.29, 1.82) is 0 Å². The lowest BCUT2D eigenvalue weighted by Crippen LogP contribution is -2.07. The molecule has 84 valence electrons. The Labute approximate surface area is 92.1 Å². The van der Waals surface area contributed by atoms with Crippen LogP contribution in [-0.4, -0.2) is 11.2 Å². The average Bonchev–Trinajstić information content (AvgIpc) is 2.27. The summed E-state index contributed by atoms with van der Waals surface area (Å²) in [4.78, 5) is 0. The molecule has 0 aliphatic carbocycles. The molecule has 1 aromatic rings. The minimum Gasteiger partial charge on any atom is -0.399 e. The second-order valence-electron chi connectivity index (χ2n) is 3.99. The van der Waals surface area contributed by atoms with Crippen LogP contribution in [0.1, 0.15) is 37.8 Å². The quantitative estimate of drug-likeness (QED) is 0.729. The molecule has 0 aromatic heterocycles. The van der Waals surface area contributed by atoms with Gasteiger partial charge >= 0.3 is 0 Å². The fraction of sp³-hybridized carbons (Fsp3) is 0.538. The molecule has 0 aliphatic heterocycles. The summed E-state index contributed by atoms with van der Waals surface area (Å²) in [6.07, 6.45) is 3.31. The highest BCUT2D eigenvalue weighted by molar-refractivity contribution is 5.48. The van der Waals surface area contributed by atoms with Crippen molar-refractivity contribution in [3.8, 4) is 0 Å². The Hall–Kier alpha value is -1.02. The Morgan fingerprint density at radius 3 is 2.67 bits per heavy atom. The van der Waals surface area contributed by atoms with Crippen molar-refractivity contribution in [1.82, 2.24) is 0 Å². The Kier molecular flexibility index (Phi) is 4.63. The SMILES string of the molecule is CCc1ccc(N)c(CCC(O)CC)c1. The first-order valence-corrected chi connectivity index (χ1v) is 5.72. The lowest BCUT2D eigenvalue weighted by atomic mass is 10.0. The van der Waals surface area contributed by atoms with Gasteiger partial charge in [0.25, 0.3) is 0 Å². The van der Waals surface area contributed by atoms with Crippen LogP contribution >= 0.6 is 0 Å². The van der Waals surface area contributed by atoms with E-state index in [0.29, 0.717) is 0 Å². The molecule has 15 heavy (non-hydrogen) atoms. The molecule has 2 heteroatoms. The van der Waals surface area contributed by atoms with Gasteiger partial charge in [-0.05, 0) is 42.9 Å². The van der Waals surface area contributed by atoms with Crippen LogP contribution in [0.15, 0.2) is 18.2 Å². The predicted molar refractivity (Wildman–Crippen MR) is 64.9 cm³/mol. The van der Waals surface area contributed by atoms with Gasteiger partial charge in [0.05, 0.1) is 6.10 Å². The third kappa shape index (κ3) is 3.56. The van der Waals surface area contributed by atoms with Gasteiger partial charge < -0.3 is 10.8 Å². The number of benzene rings is 1. The first-order chi connectivity index (χ1) is 7.17. The minimum absolute atomic E-state index is 0.199. The zero-order chi connectivity index (χ0) is 11.3. The lowest BCUT2D eigenvalue weighted by Gasteiger charge is -2.10. The summed E-state index contributed by atoms with van der Waals surface area (Å²) in [7, 11) is 0. The van der Waals surface area contributed by atoms with E-state index >= 15 is 0 Å². The topological polar surface area (TPSA) is 46.2 Å². The number of rotatable bonds is 5. The van der Waals surface area contributed by atoms with Crippen LogP contribution in [0.25, 0.3) is 0 Å². The smallest absolute Gasteiger partial charge is 0.0540 e. The van der Waals surface area contributed by atoms with Gasteiger partial charge in [-0.3, -0.25) is 0 Å². The van der Waals surface area contributed by atoms with E-state index in [9.17, 15) is 5.11 Å². The summed E-state index contributed by atoms with van der Waals surface area (Å²) in [5.74, 6) is 0. The van der Waals surface area contributed by atoms with E-state index in [4.69, 9.17) is 5.73 Å². The van der Waals surface area contributed by atoms with E-state index in [-0.39, 0.29) is 6.10 Å². The van der Waals surface area contributed by atoms with Gasteiger partial charge in [-0.2, -0.15) is 0 Å². The van der Waals surface area contributed by atoms with E-state index in [0.717, 1.165) is 31.4 Å². The van der Waals surface area contributed by atoms with Gasteiger partial charge in [0, 0.05) is 5.69 Å². The van der Waals surface area contributed by atoms with Gasteiger partial charge in [0.1, 0.15) is 0 Å². The zero-order valence-electron chi connectivity index (χ0n) is 9.66. The fourth-order valence-corrected chi connectivity index (χ4v) is 1.62. The number of anilines is 1. The summed E-state index contributed by atoms with van der Waals surface area (Å²) < 4.78 is 0. The summed E-state index contributed by atoms with van der Waals surface area (Å²) in [6, 6.07) is 6.18. The van der Waals surface area contributed by atoms with Crippen molar-refractivity contribution in [2.75, 3.05) is 5.73 Å². The number of aliphatic hydroxyl groups is 1. The molecule has 0 fully saturated rings. The molecule has 1 rings (SSSR count). The Morgan fingerprint density at radius 2 is 2.07 bits per heavy atom. The molecular weight excluding hydrogens is 186 g/mol. The maximum atomic E-state index is 9.50. The largest absolute Gasteiger partial charge is 0.399 e. The molecule has 0 bridgehead atoms. The van der Waals surface area contributed by atoms with Gasteiger partial charge in [-0.25, -0.2) is 0 Å². The maximum Gasteiger partial charge on any atom is 0.0540 e. The summed E-state index contributed by atoms with van der Waals surface area (Å²) >= 11 is 0. The first kappa shape index (κ1) is 12.1. The van der Waals surface area contributed by atoms with Crippen LogP contribution in [0.4, 0.5) is 5.69 Å². The normalized spacial score (nSPS) is 12.7. The highest BCUT2D eigenvalue weighted by atomic mass is 16.3. The predicted octanol–water partition coefficient (Wildman–Crippen LogP) is 2.53. The van der Waals surface area contributed by atoms with Crippen LogP contribution in [0.5, 0.6) is 0 Å².